The van der Waals surface area contributed by atoms with Crippen LogP contribution in [0.2, 0.25) is 0 Å². The third kappa shape index (κ3) is 4.75. The molecule has 0 spiro atoms. The summed E-state index contributed by atoms with van der Waals surface area (Å²) in [5, 5.41) is 0.581. The van der Waals surface area contributed by atoms with E-state index in [2.05, 4.69) is 37.8 Å². The second kappa shape index (κ2) is 6.30. The number of rotatable bonds is 4. The number of benzene rings is 1. The molecule has 0 saturated carbocycles. The van der Waals surface area contributed by atoms with Crippen molar-refractivity contribution in [2.75, 3.05) is 27.2 Å². The van der Waals surface area contributed by atoms with E-state index in [1.807, 2.05) is 26.2 Å². The van der Waals surface area contributed by atoms with Gasteiger partial charge in [0.1, 0.15) is 6.61 Å². The first-order chi connectivity index (χ1) is 8.30. The first-order valence-corrected chi connectivity index (χ1v) is 6.64. The van der Waals surface area contributed by atoms with Crippen molar-refractivity contribution in [1.29, 1.82) is 0 Å². The van der Waals surface area contributed by atoms with Gasteiger partial charge in [-0.1, -0.05) is 45.0 Å². The highest BCUT2D eigenvalue weighted by Crippen LogP contribution is 2.22. The zero-order valence-corrected chi connectivity index (χ0v) is 12.8. The van der Waals surface area contributed by atoms with Gasteiger partial charge in [-0.25, -0.2) is 0 Å². The molecule has 0 atom stereocenters. The van der Waals surface area contributed by atoms with Gasteiger partial charge in [-0.3, -0.25) is 0 Å². The zero-order chi connectivity index (χ0) is 13.8. The SMILES string of the molecule is CN(C)CCOC(=S)c1ccc(C(C)(C)C)cc1. The quantitative estimate of drug-likeness (QED) is 0.776. The third-order valence-corrected chi connectivity index (χ3v) is 3.11. The van der Waals surface area contributed by atoms with Crippen molar-refractivity contribution < 1.29 is 4.74 Å². The van der Waals surface area contributed by atoms with Crippen molar-refractivity contribution >= 4 is 17.3 Å². The molecular weight excluding hydrogens is 242 g/mol. The number of ether oxygens (including phenoxy) is 1. The van der Waals surface area contributed by atoms with Gasteiger partial charge in [0.15, 0.2) is 5.05 Å². The molecule has 0 aliphatic carbocycles. The van der Waals surface area contributed by atoms with Gasteiger partial charge >= 0.3 is 0 Å². The van der Waals surface area contributed by atoms with Gasteiger partial charge in [0, 0.05) is 12.1 Å². The predicted octanol–water partition coefficient (Wildman–Crippen LogP) is 3.24. The second-order valence-electron chi connectivity index (χ2n) is 5.77. The number of likely N-dealkylation sites (N-methyl/N-ethyl adjacent to an activating group) is 1. The minimum Gasteiger partial charge on any atom is -0.482 e. The summed E-state index contributed by atoms with van der Waals surface area (Å²) in [4.78, 5) is 2.07. The Morgan fingerprint density at radius 1 is 1.17 bits per heavy atom. The van der Waals surface area contributed by atoms with Gasteiger partial charge in [-0.05, 0) is 37.3 Å². The normalized spacial score (nSPS) is 11.7. The Hall–Kier alpha value is -0.930. The van der Waals surface area contributed by atoms with Crippen molar-refractivity contribution in [3.63, 3.8) is 0 Å². The molecule has 1 aromatic rings. The first kappa shape index (κ1) is 15.1. The molecule has 0 aliphatic heterocycles. The lowest BCUT2D eigenvalue weighted by atomic mass is 9.87. The van der Waals surface area contributed by atoms with Gasteiger partial charge in [0.25, 0.3) is 0 Å². The van der Waals surface area contributed by atoms with Crippen molar-refractivity contribution in [2.45, 2.75) is 26.2 Å². The molecule has 1 rings (SSSR count). The highest BCUT2D eigenvalue weighted by Gasteiger charge is 2.13. The van der Waals surface area contributed by atoms with Gasteiger partial charge < -0.3 is 9.64 Å². The van der Waals surface area contributed by atoms with Crippen LogP contribution in [0, 0.1) is 0 Å². The molecule has 2 nitrogen and oxygen atoms in total. The minimum atomic E-state index is 0.173. The molecule has 0 N–H and O–H groups in total. The van der Waals surface area contributed by atoms with E-state index in [1.165, 1.54) is 5.56 Å². The van der Waals surface area contributed by atoms with Gasteiger partial charge in [-0.2, -0.15) is 0 Å². The Morgan fingerprint density at radius 3 is 2.17 bits per heavy atom. The van der Waals surface area contributed by atoms with Crippen LogP contribution in [0.25, 0.3) is 0 Å². The molecule has 18 heavy (non-hydrogen) atoms. The highest BCUT2D eigenvalue weighted by molar-refractivity contribution is 7.80. The van der Waals surface area contributed by atoms with E-state index in [4.69, 9.17) is 17.0 Å². The first-order valence-electron chi connectivity index (χ1n) is 6.23. The summed E-state index contributed by atoms with van der Waals surface area (Å²) in [6.07, 6.45) is 0. The molecule has 0 fully saturated rings. The Bertz CT molecular complexity index is 390. The molecule has 0 bridgehead atoms. The molecule has 0 aliphatic rings. The lowest BCUT2D eigenvalue weighted by molar-refractivity contribution is 0.257. The van der Waals surface area contributed by atoms with Crippen LogP contribution < -0.4 is 0 Å². The Balaban J connectivity index is 2.60. The smallest absolute Gasteiger partial charge is 0.191 e. The monoisotopic (exact) mass is 265 g/mol. The highest BCUT2D eigenvalue weighted by atomic mass is 32.1. The van der Waals surface area contributed by atoms with E-state index in [-0.39, 0.29) is 5.41 Å². The van der Waals surface area contributed by atoms with Crippen molar-refractivity contribution in [3.05, 3.63) is 35.4 Å². The number of hydrogen-bond donors (Lipinski definition) is 0. The average Bonchev–Trinajstić information content (AvgIpc) is 2.27. The third-order valence-electron chi connectivity index (χ3n) is 2.76. The summed E-state index contributed by atoms with van der Waals surface area (Å²) in [6, 6.07) is 8.32. The van der Waals surface area contributed by atoms with Gasteiger partial charge in [0.05, 0.1) is 0 Å². The molecule has 1 aromatic carbocycles. The van der Waals surface area contributed by atoms with Crippen LogP contribution in [-0.4, -0.2) is 37.2 Å². The molecule has 100 valence electrons. The fraction of sp³-hybridized carbons (Fsp3) is 0.533. The van der Waals surface area contributed by atoms with Crippen LogP contribution in [0.3, 0.4) is 0 Å². The van der Waals surface area contributed by atoms with Crippen molar-refractivity contribution in [1.82, 2.24) is 4.90 Å². The number of thiocarbonyl (C=S) groups is 1. The second-order valence-corrected chi connectivity index (χ2v) is 6.14. The van der Waals surface area contributed by atoms with Crippen LogP contribution in [0.1, 0.15) is 31.9 Å². The van der Waals surface area contributed by atoms with Crippen LogP contribution in [0.15, 0.2) is 24.3 Å². The minimum absolute atomic E-state index is 0.173. The lowest BCUT2D eigenvalue weighted by Gasteiger charge is -2.19. The maximum atomic E-state index is 5.55. The maximum Gasteiger partial charge on any atom is 0.191 e. The summed E-state index contributed by atoms with van der Waals surface area (Å²) >= 11 is 5.27. The zero-order valence-electron chi connectivity index (χ0n) is 12.0. The predicted molar refractivity (Wildman–Crippen MR) is 81.3 cm³/mol. The maximum absolute atomic E-state index is 5.55. The Labute approximate surface area is 116 Å². The van der Waals surface area contributed by atoms with Crippen LogP contribution in [0.4, 0.5) is 0 Å². The number of nitrogens with zero attached hydrogens (tertiary/aromatic N) is 1. The summed E-state index contributed by atoms with van der Waals surface area (Å²) < 4.78 is 5.55. The molecular formula is C15H23NOS. The van der Waals surface area contributed by atoms with Crippen LogP contribution >= 0.6 is 12.2 Å². The summed E-state index contributed by atoms with van der Waals surface area (Å²) in [6.45, 7) is 8.11. The van der Waals surface area contributed by atoms with Crippen LogP contribution in [-0.2, 0) is 10.2 Å². The van der Waals surface area contributed by atoms with Crippen molar-refractivity contribution in [2.24, 2.45) is 0 Å². The summed E-state index contributed by atoms with van der Waals surface area (Å²) in [5.74, 6) is 0. The fourth-order valence-corrected chi connectivity index (χ4v) is 1.73. The Kier molecular flexibility index (Phi) is 5.29. The number of hydrogen-bond acceptors (Lipinski definition) is 3. The average molecular weight is 265 g/mol. The molecule has 0 amide bonds. The molecule has 0 unspecified atom stereocenters. The van der Waals surface area contributed by atoms with Crippen LogP contribution in [0.5, 0.6) is 0 Å². The molecule has 0 saturated heterocycles. The van der Waals surface area contributed by atoms with E-state index in [1.54, 1.807) is 0 Å². The topological polar surface area (TPSA) is 12.5 Å². The lowest BCUT2D eigenvalue weighted by Crippen LogP contribution is -2.20. The fourth-order valence-electron chi connectivity index (χ4n) is 1.51. The molecule has 0 heterocycles. The largest absolute Gasteiger partial charge is 0.482 e. The van der Waals surface area contributed by atoms with Gasteiger partial charge in [0.2, 0.25) is 0 Å². The van der Waals surface area contributed by atoms with E-state index in [9.17, 15) is 0 Å². The standard InChI is InChI=1S/C15H23NOS/c1-15(2,3)13-8-6-12(7-9-13)14(18)17-11-10-16(4)5/h6-9H,10-11H2,1-5H3. The van der Waals surface area contributed by atoms with E-state index < -0.39 is 0 Å². The molecule has 0 radical (unpaired) electrons. The van der Waals surface area contributed by atoms with Gasteiger partial charge in [-0.15, -0.1) is 0 Å². The summed E-state index contributed by atoms with van der Waals surface area (Å²) in [5.41, 5.74) is 2.46. The van der Waals surface area contributed by atoms with E-state index in [0.29, 0.717) is 11.7 Å². The molecule has 3 heteroatoms. The van der Waals surface area contributed by atoms with E-state index in [0.717, 1.165) is 12.1 Å². The van der Waals surface area contributed by atoms with E-state index >= 15 is 0 Å². The Morgan fingerprint density at radius 2 is 1.72 bits per heavy atom. The molecule has 0 aromatic heterocycles. The summed E-state index contributed by atoms with van der Waals surface area (Å²) in [7, 11) is 4.04. The van der Waals surface area contributed by atoms with Crippen molar-refractivity contribution in [3.8, 4) is 0 Å².